The third-order valence-electron chi connectivity index (χ3n) is 5.41. The largest absolute Gasteiger partial charge is 0.352 e. The highest BCUT2D eigenvalue weighted by atomic mass is 32.2. The van der Waals surface area contributed by atoms with E-state index in [0.717, 1.165) is 23.6 Å². The summed E-state index contributed by atoms with van der Waals surface area (Å²) in [6, 6.07) is 11.2. The molecule has 0 fully saturated rings. The number of hydrogen-bond acceptors (Lipinski definition) is 6. The number of hydrogen-bond donors (Lipinski definition) is 2. The fourth-order valence-corrected chi connectivity index (χ4v) is 4.53. The molecule has 2 N–H and O–H groups in total. The van der Waals surface area contributed by atoms with Crippen molar-refractivity contribution in [2.75, 3.05) is 10.0 Å². The van der Waals surface area contributed by atoms with Crippen LogP contribution in [0.25, 0.3) is 22.2 Å². The molecule has 2 aromatic heterocycles. The first-order chi connectivity index (χ1) is 17.2. The summed E-state index contributed by atoms with van der Waals surface area (Å²) in [6.45, 7) is 7.40. The number of benzene rings is 2. The lowest BCUT2D eigenvalue weighted by Crippen LogP contribution is -2.25. The van der Waals surface area contributed by atoms with Crippen molar-refractivity contribution in [2.45, 2.75) is 45.5 Å². The summed E-state index contributed by atoms with van der Waals surface area (Å²) in [7, 11) is 0. The molecule has 0 atom stereocenters. The van der Waals surface area contributed by atoms with Gasteiger partial charge in [0.2, 0.25) is 5.95 Å². The van der Waals surface area contributed by atoms with Crippen molar-refractivity contribution >= 4 is 34.6 Å². The summed E-state index contributed by atoms with van der Waals surface area (Å²) in [4.78, 5) is 22.1. The Morgan fingerprint density at radius 3 is 2.39 bits per heavy atom. The summed E-state index contributed by atoms with van der Waals surface area (Å²) in [5.74, 6) is -2.96. The molecule has 4 rings (SSSR count). The van der Waals surface area contributed by atoms with Crippen LogP contribution in [-0.2, 0) is 5.75 Å². The first-order valence-electron chi connectivity index (χ1n) is 11.5. The zero-order valence-electron chi connectivity index (χ0n) is 20.3. The number of rotatable bonds is 8. The Balaban J connectivity index is 1.75. The number of aromatic nitrogens is 3. The molecule has 36 heavy (non-hydrogen) atoms. The predicted molar refractivity (Wildman–Crippen MR) is 140 cm³/mol. The lowest BCUT2D eigenvalue weighted by Gasteiger charge is -2.17. The molecule has 4 aromatic rings. The molecule has 0 radical (unpaired) electrons. The molecule has 10 heteroatoms. The van der Waals surface area contributed by atoms with Crippen molar-refractivity contribution in [2.24, 2.45) is 0 Å². The lowest BCUT2D eigenvalue weighted by atomic mass is 10.0. The molecule has 0 saturated carbocycles. The number of nitrogens with zero attached hydrogens (tertiary/aromatic N) is 3. The quantitative estimate of drug-likeness (QED) is 0.206. The van der Waals surface area contributed by atoms with Crippen molar-refractivity contribution in [1.29, 1.82) is 0 Å². The summed E-state index contributed by atoms with van der Waals surface area (Å²) in [5, 5.41) is 3.52. The van der Waals surface area contributed by atoms with Gasteiger partial charge in [-0.15, -0.1) is 0 Å². The molecule has 0 aliphatic carbocycles. The van der Waals surface area contributed by atoms with Crippen molar-refractivity contribution in [1.82, 2.24) is 14.5 Å². The summed E-state index contributed by atoms with van der Waals surface area (Å²) in [6.07, 6.45) is 1.50. The first-order valence-corrected chi connectivity index (χ1v) is 12.4. The standard InChI is InChI=1S/C26H26F3N5OS/c1-14(2)31-26-30-12-17-10-19(25(35)34(15(3)4)24(17)32-26)18-11-20(27)23(22(29)21(18)28)33-36-13-16-8-6-5-7-9-16/h5-12,14-15,33H,13H2,1-4H3,(H,30,31,32). The van der Waals surface area contributed by atoms with E-state index in [1.807, 2.05) is 44.2 Å². The van der Waals surface area contributed by atoms with E-state index in [1.165, 1.54) is 16.8 Å². The normalized spacial score (nSPS) is 11.5. The number of anilines is 2. The highest BCUT2D eigenvalue weighted by molar-refractivity contribution is 7.99. The van der Waals surface area contributed by atoms with Crippen LogP contribution in [0.5, 0.6) is 0 Å². The first kappa shape index (κ1) is 25.6. The van der Waals surface area contributed by atoms with Crippen LogP contribution < -0.4 is 15.6 Å². The summed E-state index contributed by atoms with van der Waals surface area (Å²) < 4.78 is 49.1. The molecule has 188 valence electrons. The minimum absolute atomic E-state index is 0.0685. The Morgan fingerprint density at radius 1 is 1.00 bits per heavy atom. The Morgan fingerprint density at radius 2 is 1.72 bits per heavy atom. The van der Waals surface area contributed by atoms with Crippen LogP contribution in [0, 0.1) is 17.5 Å². The van der Waals surface area contributed by atoms with E-state index in [4.69, 9.17) is 0 Å². The maximum Gasteiger partial charge on any atom is 0.260 e. The second-order valence-electron chi connectivity index (χ2n) is 8.88. The van der Waals surface area contributed by atoms with E-state index in [2.05, 4.69) is 20.0 Å². The van der Waals surface area contributed by atoms with Gasteiger partial charge in [-0.05, 0) is 57.3 Å². The van der Waals surface area contributed by atoms with Crippen LogP contribution in [0.15, 0.2) is 53.5 Å². The Kier molecular flexibility index (Phi) is 7.53. The molecule has 2 aromatic carbocycles. The van der Waals surface area contributed by atoms with Crippen LogP contribution in [0.2, 0.25) is 0 Å². The van der Waals surface area contributed by atoms with Crippen LogP contribution >= 0.6 is 11.9 Å². The van der Waals surface area contributed by atoms with E-state index >= 15 is 4.39 Å². The van der Waals surface area contributed by atoms with Crippen molar-refractivity contribution in [3.8, 4) is 11.1 Å². The van der Waals surface area contributed by atoms with Gasteiger partial charge in [0.15, 0.2) is 17.5 Å². The van der Waals surface area contributed by atoms with Crippen LogP contribution in [-0.4, -0.2) is 20.6 Å². The van der Waals surface area contributed by atoms with Crippen LogP contribution in [0.4, 0.5) is 24.8 Å². The lowest BCUT2D eigenvalue weighted by molar-refractivity contribution is 0.502. The van der Waals surface area contributed by atoms with Gasteiger partial charge in [-0.3, -0.25) is 9.36 Å². The maximum atomic E-state index is 15.2. The highest BCUT2D eigenvalue weighted by Gasteiger charge is 2.24. The molecule has 0 bridgehead atoms. The van der Waals surface area contributed by atoms with Gasteiger partial charge in [-0.25, -0.2) is 18.2 Å². The minimum atomic E-state index is -1.39. The van der Waals surface area contributed by atoms with Crippen LogP contribution in [0.3, 0.4) is 0 Å². The molecule has 0 saturated heterocycles. The average Bonchev–Trinajstić information content (AvgIpc) is 2.83. The molecular formula is C26H26F3N5OS. The van der Waals surface area contributed by atoms with E-state index in [-0.39, 0.29) is 17.6 Å². The molecule has 0 unspecified atom stereocenters. The number of fused-ring (bicyclic) bond motifs is 1. The van der Waals surface area contributed by atoms with Crippen molar-refractivity contribution < 1.29 is 13.2 Å². The molecule has 0 aliphatic rings. The second-order valence-corrected chi connectivity index (χ2v) is 9.67. The minimum Gasteiger partial charge on any atom is -0.352 e. The highest BCUT2D eigenvalue weighted by Crippen LogP contribution is 2.33. The smallest absolute Gasteiger partial charge is 0.260 e. The fraction of sp³-hybridized carbons (Fsp3) is 0.269. The molecule has 0 aliphatic heterocycles. The molecular weight excluding hydrogens is 487 g/mol. The zero-order valence-corrected chi connectivity index (χ0v) is 21.1. The monoisotopic (exact) mass is 513 g/mol. The van der Waals surface area contributed by atoms with E-state index in [9.17, 15) is 13.6 Å². The van der Waals surface area contributed by atoms with E-state index < -0.39 is 34.3 Å². The van der Waals surface area contributed by atoms with Crippen molar-refractivity contribution in [3.63, 3.8) is 0 Å². The van der Waals surface area contributed by atoms with Gasteiger partial charge in [-0.2, -0.15) is 4.98 Å². The third-order valence-corrected chi connectivity index (χ3v) is 6.24. The molecule has 6 nitrogen and oxygen atoms in total. The predicted octanol–water partition coefficient (Wildman–Crippen LogP) is 6.54. The number of pyridine rings is 1. The SMILES string of the molecule is CC(C)Nc1ncc2cc(-c3cc(F)c(NSCc4ccccc4)c(F)c3F)c(=O)n(C(C)C)c2n1. The van der Waals surface area contributed by atoms with Gasteiger partial charge in [0.1, 0.15) is 11.3 Å². The van der Waals surface area contributed by atoms with Crippen molar-refractivity contribution in [3.05, 3.63) is 82.0 Å². The maximum absolute atomic E-state index is 15.2. The Labute approximate surface area is 211 Å². The molecule has 2 heterocycles. The topological polar surface area (TPSA) is 71.8 Å². The van der Waals surface area contributed by atoms with Gasteiger partial charge in [0, 0.05) is 35.0 Å². The van der Waals surface area contributed by atoms with E-state index in [1.54, 1.807) is 13.8 Å². The number of halogens is 3. The van der Waals surface area contributed by atoms with Crippen LogP contribution in [0.1, 0.15) is 39.3 Å². The van der Waals surface area contributed by atoms with Gasteiger partial charge < -0.3 is 10.0 Å². The van der Waals surface area contributed by atoms with Gasteiger partial charge >= 0.3 is 0 Å². The number of nitrogens with one attached hydrogen (secondary N) is 2. The second kappa shape index (κ2) is 10.6. The third kappa shape index (κ3) is 5.18. The average molecular weight is 514 g/mol. The van der Waals surface area contributed by atoms with Gasteiger partial charge in [0.05, 0.1) is 5.56 Å². The van der Waals surface area contributed by atoms with E-state index in [0.29, 0.717) is 22.7 Å². The van der Waals surface area contributed by atoms with Gasteiger partial charge in [0.25, 0.3) is 5.56 Å². The Bertz CT molecular complexity index is 1460. The molecule has 0 amide bonds. The van der Waals surface area contributed by atoms with Gasteiger partial charge in [-0.1, -0.05) is 30.3 Å². The fourth-order valence-electron chi connectivity index (χ4n) is 3.77. The summed E-state index contributed by atoms with van der Waals surface area (Å²) >= 11 is 1.03. The Hall–Kier alpha value is -3.53. The summed E-state index contributed by atoms with van der Waals surface area (Å²) in [5.41, 5.74) is -0.572. The molecule has 0 spiro atoms. The zero-order chi connectivity index (χ0) is 26.0.